The van der Waals surface area contributed by atoms with Crippen molar-refractivity contribution in [3.05, 3.63) is 84.5 Å². The fourth-order valence-corrected chi connectivity index (χ4v) is 9.27. The van der Waals surface area contributed by atoms with Gasteiger partial charge in [0.05, 0.1) is 0 Å². The topological polar surface area (TPSA) is 105 Å². The second kappa shape index (κ2) is 22.2. The molecule has 0 aromatic carbocycles. The molecule has 0 saturated heterocycles. The summed E-state index contributed by atoms with van der Waals surface area (Å²) in [7, 11) is -6.22. The van der Waals surface area contributed by atoms with E-state index in [9.17, 15) is 16.8 Å². The maximum absolute atomic E-state index is 13.3. The Labute approximate surface area is 276 Å². The number of fused-ring (bicyclic) bond motifs is 1. The van der Waals surface area contributed by atoms with Gasteiger partial charge in [-0.05, 0) is 70.4 Å². The largest absolute Gasteiger partial charge is 0.385 e. The molecular formula is C34H51N3O5S3. The fraction of sp³-hybridized carbons (Fsp3) is 0.500. The summed E-state index contributed by atoms with van der Waals surface area (Å²) in [6.45, 7) is 5.71. The van der Waals surface area contributed by atoms with Crippen LogP contribution in [0.25, 0.3) is 0 Å². The van der Waals surface area contributed by atoms with Gasteiger partial charge >= 0.3 is 0 Å². The third-order valence-electron chi connectivity index (χ3n) is 6.77. The predicted molar refractivity (Wildman–Crippen MR) is 189 cm³/mol. The number of nitrogens with one attached hydrogen (secondary N) is 1. The molecule has 0 saturated carbocycles. The fourth-order valence-electron chi connectivity index (χ4n) is 4.49. The molecule has 0 aliphatic carbocycles. The Morgan fingerprint density at radius 2 is 1.47 bits per heavy atom. The van der Waals surface area contributed by atoms with Crippen molar-refractivity contribution < 1.29 is 21.6 Å². The minimum Gasteiger partial charge on any atom is -0.385 e. The molecule has 0 unspecified atom stereocenters. The van der Waals surface area contributed by atoms with E-state index in [1.807, 2.05) is 19.1 Å². The van der Waals surface area contributed by atoms with Crippen LogP contribution in [0.5, 0.6) is 0 Å². The predicted octanol–water partition coefficient (Wildman–Crippen LogP) is 7.68. The van der Waals surface area contributed by atoms with Gasteiger partial charge < -0.3 is 10.1 Å². The first kappa shape index (κ1) is 38.8. The van der Waals surface area contributed by atoms with Crippen LogP contribution in [-0.4, -0.2) is 60.7 Å². The Balaban J connectivity index is 1.76. The third-order valence-corrected chi connectivity index (χ3v) is 12.0. The number of methoxy groups -OCH3 is 1. The monoisotopic (exact) mass is 677 g/mol. The maximum atomic E-state index is 13.3. The Kier molecular flexibility index (Phi) is 19.1. The molecule has 0 fully saturated rings. The average Bonchev–Trinajstić information content (AvgIpc) is 3.49. The SMILES string of the molecule is CC/C=C\C/C=C\C/C=C\C/C=C\C/C=C\C/C=C\CC/C=N/S(=O)(=O)c1cc2c(s1)S(=O)(=O)N(CCCOC)C[C@@H]2NCC. The van der Waals surface area contributed by atoms with Crippen LogP contribution in [0.4, 0.5) is 0 Å². The Morgan fingerprint density at radius 3 is 2.00 bits per heavy atom. The van der Waals surface area contributed by atoms with E-state index in [-0.39, 0.29) is 21.0 Å². The van der Waals surface area contributed by atoms with Gasteiger partial charge in [0, 0.05) is 44.6 Å². The Bertz CT molecular complexity index is 1420. The Morgan fingerprint density at radius 1 is 0.911 bits per heavy atom. The number of nitrogens with zero attached hydrogens (tertiary/aromatic N) is 2. The number of allylic oxidation sites excluding steroid dienone is 12. The maximum Gasteiger partial charge on any atom is 0.291 e. The van der Waals surface area contributed by atoms with Crippen LogP contribution in [0.1, 0.15) is 83.2 Å². The van der Waals surface area contributed by atoms with Gasteiger partial charge in [-0.3, -0.25) is 0 Å². The van der Waals surface area contributed by atoms with Crippen LogP contribution in [0.15, 0.2) is 91.8 Å². The van der Waals surface area contributed by atoms with Gasteiger partial charge in [-0.2, -0.15) is 17.1 Å². The van der Waals surface area contributed by atoms with E-state index < -0.39 is 20.0 Å². The molecular weight excluding hydrogens is 627 g/mol. The molecule has 1 aromatic heterocycles. The third kappa shape index (κ3) is 14.3. The van der Waals surface area contributed by atoms with Crippen molar-refractivity contribution in [3.63, 3.8) is 0 Å². The summed E-state index contributed by atoms with van der Waals surface area (Å²) in [5.74, 6) is 0. The number of hydrogen-bond acceptors (Lipinski definition) is 7. The lowest BCUT2D eigenvalue weighted by atomic mass is 10.1. The first-order chi connectivity index (χ1) is 21.8. The Hall–Kier alpha value is -2.41. The number of thiophene rings is 1. The van der Waals surface area contributed by atoms with Gasteiger partial charge in [0.1, 0.15) is 8.42 Å². The highest BCUT2D eigenvalue weighted by atomic mass is 32.3. The highest BCUT2D eigenvalue weighted by Gasteiger charge is 2.39. The summed E-state index contributed by atoms with van der Waals surface area (Å²) >= 11 is 0.777. The first-order valence-electron chi connectivity index (χ1n) is 15.8. The van der Waals surface area contributed by atoms with Crippen LogP contribution >= 0.6 is 11.3 Å². The van der Waals surface area contributed by atoms with Gasteiger partial charge in [-0.25, -0.2) is 8.42 Å². The van der Waals surface area contributed by atoms with E-state index in [0.29, 0.717) is 44.5 Å². The zero-order valence-corrected chi connectivity index (χ0v) is 29.5. The summed E-state index contributed by atoms with van der Waals surface area (Å²) < 4.78 is 62.7. The molecule has 1 aliphatic rings. The zero-order chi connectivity index (χ0) is 32.8. The zero-order valence-electron chi connectivity index (χ0n) is 27.0. The van der Waals surface area contributed by atoms with E-state index in [4.69, 9.17) is 4.74 Å². The van der Waals surface area contributed by atoms with Crippen LogP contribution in [0.2, 0.25) is 0 Å². The number of ether oxygens (including phenoxy) is 1. The minimum atomic E-state index is -4.00. The quantitative estimate of drug-likeness (QED) is 0.0767. The smallest absolute Gasteiger partial charge is 0.291 e. The van der Waals surface area contributed by atoms with E-state index in [1.165, 1.54) is 16.6 Å². The van der Waals surface area contributed by atoms with Gasteiger partial charge in [-0.1, -0.05) is 86.8 Å². The molecule has 1 aromatic rings. The number of rotatable bonds is 22. The molecule has 8 nitrogen and oxygen atoms in total. The summed E-state index contributed by atoms with van der Waals surface area (Å²) in [6, 6.07) is 1.18. The number of likely N-dealkylation sites (N-methyl/N-ethyl adjacent to an activating group) is 1. The second-order valence-corrected chi connectivity index (χ2v) is 15.4. The summed E-state index contributed by atoms with van der Waals surface area (Å²) in [5.41, 5.74) is 0.497. The van der Waals surface area contributed by atoms with Crippen molar-refractivity contribution in [3.8, 4) is 0 Å². The molecule has 0 amide bonds. The molecule has 0 bridgehead atoms. The van der Waals surface area contributed by atoms with Gasteiger partial charge in [0.25, 0.3) is 20.0 Å². The molecule has 2 rings (SSSR count). The molecule has 45 heavy (non-hydrogen) atoms. The minimum absolute atomic E-state index is 0.0529. The van der Waals surface area contributed by atoms with Crippen molar-refractivity contribution in [2.24, 2.45) is 4.40 Å². The van der Waals surface area contributed by atoms with Crippen molar-refractivity contribution in [2.45, 2.75) is 86.1 Å². The van der Waals surface area contributed by atoms with Crippen LogP contribution in [0, 0.1) is 0 Å². The van der Waals surface area contributed by atoms with Crippen LogP contribution in [0.3, 0.4) is 0 Å². The van der Waals surface area contributed by atoms with Gasteiger partial charge in [0.15, 0.2) is 0 Å². The van der Waals surface area contributed by atoms with Crippen LogP contribution < -0.4 is 5.32 Å². The first-order valence-corrected chi connectivity index (χ1v) is 19.5. The second-order valence-electron chi connectivity index (χ2n) is 10.4. The lowest BCUT2D eigenvalue weighted by molar-refractivity contribution is 0.185. The molecule has 1 N–H and O–H groups in total. The molecule has 1 atom stereocenters. The molecule has 2 heterocycles. The number of sulfonamides is 2. The lowest BCUT2D eigenvalue weighted by Crippen LogP contribution is -2.43. The van der Waals surface area contributed by atoms with E-state index >= 15 is 0 Å². The number of hydrogen-bond donors (Lipinski definition) is 1. The molecule has 0 radical (unpaired) electrons. The van der Waals surface area contributed by atoms with Crippen molar-refractivity contribution >= 4 is 37.6 Å². The molecule has 250 valence electrons. The lowest BCUT2D eigenvalue weighted by Gasteiger charge is -2.32. The summed E-state index contributed by atoms with van der Waals surface area (Å²) in [6.07, 6.45) is 34.5. The van der Waals surface area contributed by atoms with Crippen LogP contribution in [-0.2, 0) is 24.8 Å². The van der Waals surface area contributed by atoms with Crippen molar-refractivity contribution in [1.82, 2.24) is 9.62 Å². The van der Waals surface area contributed by atoms with E-state index in [1.54, 1.807) is 7.11 Å². The summed E-state index contributed by atoms with van der Waals surface area (Å²) in [5, 5.41) is 3.29. The average molecular weight is 678 g/mol. The normalized spacial score (nSPS) is 18.0. The van der Waals surface area contributed by atoms with Gasteiger partial charge in [0.2, 0.25) is 0 Å². The molecule has 1 aliphatic heterocycles. The van der Waals surface area contributed by atoms with Crippen molar-refractivity contribution in [2.75, 3.05) is 33.4 Å². The highest BCUT2D eigenvalue weighted by molar-refractivity contribution is 7.94. The molecule has 11 heteroatoms. The molecule has 0 spiro atoms. The van der Waals surface area contributed by atoms with E-state index in [0.717, 1.165) is 49.9 Å². The standard InChI is InChI=1S/C34H51N3O5S3/c1-4-6-7-8-9-10-11-12-13-14-15-16-17-18-19-20-21-22-23-24-26-36-44(38,39)33-29-31-32(35-5-2)30-37(27-25-28-42-3)45(40,41)34(31)43-33/h6-7,9-10,12-13,15-16,18-19,21-22,26,29,32,35H,4-5,8,11,14,17,20,23-25,27-28,30H2,1-3H3/b7-6-,10-9-,13-12-,16-15-,19-18-,22-21-,36-26+/t32-/m0/s1. The van der Waals surface area contributed by atoms with Gasteiger partial charge in [-0.15, -0.1) is 11.3 Å². The highest BCUT2D eigenvalue weighted by Crippen LogP contribution is 2.40. The number of unbranched alkanes of at least 4 members (excludes halogenated alkanes) is 1. The summed E-state index contributed by atoms with van der Waals surface area (Å²) in [4.78, 5) is 0. The van der Waals surface area contributed by atoms with Crippen molar-refractivity contribution in [1.29, 1.82) is 0 Å². The van der Waals surface area contributed by atoms with E-state index in [2.05, 4.69) is 77.4 Å².